The molecular weight excluding hydrogens is 452 g/mol. The third-order valence-electron chi connectivity index (χ3n) is 6.70. The van der Waals surface area contributed by atoms with Gasteiger partial charge in [0.05, 0.1) is 11.4 Å². The number of para-hydroxylation sites is 2. The summed E-state index contributed by atoms with van der Waals surface area (Å²) in [6.45, 7) is 0. The number of hydrogen-bond acceptors (Lipinski definition) is 3. The maximum absolute atomic E-state index is 6.31. The van der Waals surface area contributed by atoms with Crippen molar-refractivity contribution in [1.82, 2.24) is 9.97 Å². The highest BCUT2D eigenvalue weighted by Crippen LogP contribution is 2.37. The van der Waals surface area contributed by atoms with Gasteiger partial charge >= 0.3 is 0 Å². The molecular formula is C34H22N2O. The van der Waals surface area contributed by atoms with E-state index in [-0.39, 0.29) is 0 Å². The number of aromatic nitrogens is 2. The lowest BCUT2D eigenvalue weighted by molar-refractivity contribution is 0.670. The minimum atomic E-state index is 0.710. The number of benzene rings is 5. The molecule has 0 radical (unpaired) electrons. The van der Waals surface area contributed by atoms with Gasteiger partial charge < -0.3 is 4.42 Å². The van der Waals surface area contributed by atoms with E-state index in [1.165, 1.54) is 0 Å². The van der Waals surface area contributed by atoms with Gasteiger partial charge in [0, 0.05) is 33.0 Å². The molecule has 0 amide bonds. The Kier molecular flexibility index (Phi) is 5.11. The molecule has 2 heterocycles. The second-order valence-corrected chi connectivity index (χ2v) is 9.06. The predicted octanol–water partition coefficient (Wildman–Crippen LogP) is 9.04. The molecule has 0 aliphatic carbocycles. The second kappa shape index (κ2) is 8.89. The Morgan fingerprint density at radius 1 is 0.432 bits per heavy atom. The average molecular weight is 475 g/mol. The number of fused-ring (bicyclic) bond motifs is 3. The van der Waals surface area contributed by atoms with Crippen molar-refractivity contribution >= 4 is 21.9 Å². The summed E-state index contributed by atoms with van der Waals surface area (Å²) < 4.78 is 6.31. The van der Waals surface area contributed by atoms with Crippen molar-refractivity contribution in [3.05, 3.63) is 133 Å². The molecule has 0 unspecified atom stereocenters. The van der Waals surface area contributed by atoms with E-state index in [2.05, 4.69) is 66.7 Å². The summed E-state index contributed by atoms with van der Waals surface area (Å²) in [6, 6.07) is 45.5. The van der Waals surface area contributed by atoms with Crippen molar-refractivity contribution < 1.29 is 4.42 Å². The molecule has 2 aromatic heterocycles. The highest BCUT2D eigenvalue weighted by molar-refractivity contribution is 6.09. The van der Waals surface area contributed by atoms with Gasteiger partial charge in [-0.15, -0.1) is 0 Å². The molecule has 174 valence electrons. The Morgan fingerprint density at radius 3 is 1.84 bits per heavy atom. The zero-order chi connectivity index (χ0) is 24.6. The minimum absolute atomic E-state index is 0.710. The van der Waals surface area contributed by atoms with Gasteiger partial charge in [0.25, 0.3) is 0 Å². The first-order chi connectivity index (χ1) is 18.3. The fourth-order valence-electron chi connectivity index (χ4n) is 4.89. The van der Waals surface area contributed by atoms with Crippen molar-refractivity contribution in [2.45, 2.75) is 0 Å². The third-order valence-corrected chi connectivity index (χ3v) is 6.70. The molecule has 0 aliphatic heterocycles. The molecule has 0 bridgehead atoms. The monoisotopic (exact) mass is 474 g/mol. The lowest BCUT2D eigenvalue weighted by Crippen LogP contribution is -1.96. The third kappa shape index (κ3) is 3.87. The molecule has 7 aromatic rings. The van der Waals surface area contributed by atoms with Crippen LogP contribution in [0.2, 0.25) is 0 Å². The van der Waals surface area contributed by atoms with Crippen LogP contribution in [0.5, 0.6) is 0 Å². The lowest BCUT2D eigenvalue weighted by atomic mass is 9.99. The van der Waals surface area contributed by atoms with E-state index in [1.807, 2.05) is 66.7 Å². The molecule has 0 atom stereocenters. The summed E-state index contributed by atoms with van der Waals surface area (Å²) in [6.07, 6.45) is 0. The zero-order valence-electron chi connectivity index (χ0n) is 20.0. The number of furan rings is 1. The van der Waals surface area contributed by atoms with Crippen molar-refractivity contribution in [2.24, 2.45) is 0 Å². The molecule has 3 heteroatoms. The number of hydrogen-bond donors (Lipinski definition) is 0. The van der Waals surface area contributed by atoms with Crippen LogP contribution in [0.3, 0.4) is 0 Å². The van der Waals surface area contributed by atoms with Gasteiger partial charge in [-0.05, 0) is 23.8 Å². The molecule has 0 saturated heterocycles. The lowest BCUT2D eigenvalue weighted by Gasteiger charge is -2.11. The number of rotatable bonds is 4. The van der Waals surface area contributed by atoms with Gasteiger partial charge in [0.1, 0.15) is 11.2 Å². The van der Waals surface area contributed by atoms with Gasteiger partial charge in [-0.1, -0.05) is 115 Å². The standard InChI is InChI=1S/C34H22N2O/c1-3-11-23(12-4-1)30-22-31(36-34(35-30)24-13-5-2-6-14-24)26-16-9-15-25(21-26)27-18-10-19-29-28-17-7-8-20-32(28)37-33(27)29/h1-22H. The van der Waals surface area contributed by atoms with Crippen LogP contribution in [-0.4, -0.2) is 9.97 Å². The number of nitrogens with zero attached hydrogens (tertiary/aromatic N) is 2. The van der Waals surface area contributed by atoms with Crippen LogP contribution in [0.1, 0.15) is 0 Å². The Hall–Kier alpha value is -5.02. The summed E-state index contributed by atoms with van der Waals surface area (Å²) in [5.41, 5.74) is 8.81. The first-order valence-electron chi connectivity index (χ1n) is 12.3. The van der Waals surface area contributed by atoms with E-state index in [0.29, 0.717) is 5.82 Å². The van der Waals surface area contributed by atoms with Crippen molar-refractivity contribution in [3.8, 4) is 45.0 Å². The summed E-state index contributed by atoms with van der Waals surface area (Å²) in [5, 5.41) is 2.25. The van der Waals surface area contributed by atoms with Crippen LogP contribution < -0.4 is 0 Å². The SMILES string of the molecule is c1ccc(-c2cc(-c3cccc(-c4cccc5c4oc4ccccc45)c3)nc(-c3ccccc3)n2)cc1. The molecule has 7 rings (SSSR count). The van der Waals surface area contributed by atoms with E-state index < -0.39 is 0 Å². The average Bonchev–Trinajstić information content (AvgIpc) is 3.37. The maximum atomic E-state index is 6.31. The Labute approximate surface area is 214 Å². The van der Waals surface area contributed by atoms with Crippen LogP contribution in [-0.2, 0) is 0 Å². The molecule has 0 aliphatic rings. The van der Waals surface area contributed by atoms with E-state index in [1.54, 1.807) is 0 Å². The molecule has 3 nitrogen and oxygen atoms in total. The quantitative estimate of drug-likeness (QED) is 0.255. The van der Waals surface area contributed by atoms with E-state index in [4.69, 9.17) is 14.4 Å². The minimum Gasteiger partial charge on any atom is -0.455 e. The molecule has 0 spiro atoms. The van der Waals surface area contributed by atoms with Gasteiger partial charge in [0.15, 0.2) is 5.82 Å². The molecule has 37 heavy (non-hydrogen) atoms. The summed E-state index contributed by atoms with van der Waals surface area (Å²) in [5.74, 6) is 0.710. The predicted molar refractivity (Wildman–Crippen MR) is 151 cm³/mol. The fraction of sp³-hybridized carbons (Fsp3) is 0. The largest absolute Gasteiger partial charge is 0.455 e. The van der Waals surface area contributed by atoms with E-state index in [0.717, 1.165) is 61.1 Å². The van der Waals surface area contributed by atoms with Gasteiger partial charge in [-0.25, -0.2) is 9.97 Å². The van der Waals surface area contributed by atoms with Gasteiger partial charge in [-0.2, -0.15) is 0 Å². The summed E-state index contributed by atoms with van der Waals surface area (Å²) in [7, 11) is 0. The topological polar surface area (TPSA) is 38.9 Å². The molecule has 0 fully saturated rings. The molecule has 0 N–H and O–H groups in total. The van der Waals surface area contributed by atoms with Gasteiger partial charge in [0.2, 0.25) is 0 Å². The van der Waals surface area contributed by atoms with Crippen LogP contribution in [0.25, 0.3) is 67.0 Å². The first kappa shape index (κ1) is 21.3. The molecule has 0 saturated carbocycles. The summed E-state index contributed by atoms with van der Waals surface area (Å²) >= 11 is 0. The van der Waals surface area contributed by atoms with Crippen molar-refractivity contribution in [1.29, 1.82) is 0 Å². The van der Waals surface area contributed by atoms with Crippen molar-refractivity contribution in [2.75, 3.05) is 0 Å². The van der Waals surface area contributed by atoms with E-state index >= 15 is 0 Å². The molecule has 5 aromatic carbocycles. The van der Waals surface area contributed by atoms with E-state index in [9.17, 15) is 0 Å². The van der Waals surface area contributed by atoms with Crippen LogP contribution in [0, 0.1) is 0 Å². The summed E-state index contributed by atoms with van der Waals surface area (Å²) in [4.78, 5) is 9.92. The smallest absolute Gasteiger partial charge is 0.160 e. The van der Waals surface area contributed by atoms with Crippen molar-refractivity contribution in [3.63, 3.8) is 0 Å². The maximum Gasteiger partial charge on any atom is 0.160 e. The Balaban J connectivity index is 1.40. The first-order valence-corrected chi connectivity index (χ1v) is 12.3. The normalized spacial score (nSPS) is 11.2. The Bertz CT molecular complexity index is 1810. The highest BCUT2D eigenvalue weighted by atomic mass is 16.3. The van der Waals surface area contributed by atoms with Crippen LogP contribution in [0.15, 0.2) is 138 Å². The fourth-order valence-corrected chi connectivity index (χ4v) is 4.89. The van der Waals surface area contributed by atoms with Crippen LogP contribution in [0.4, 0.5) is 0 Å². The van der Waals surface area contributed by atoms with Crippen LogP contribution >= 0.6 is 0 Å². The zero-order valence-corrected chi connectivity index (χ0v) is 20.0. The second-order valence-electron chi connectivity index (χ2n) is 9.06. The highest BCUT2D eigenvalue weighted by Gasteiger charge is 2.14. The Morgan fingerprint density at radius 2 is 1.03 bits per heavy atom. The van der Waals surface area contributed by atoms with Gasteiger partial charge in [-0.3, -0.25) is 0 Å².